The summed E-state index contributed by atoms with van der Waals surface area (Å²) in [5.74, 6) is -0.252. The van der Waals surface area contributed by atoms with Gasteiger partial charge in [0.2, 0.25) is 0 Å². The van der Waals surface area contributed by atoms with Crippen molar-refractivity contribution in [1.29, 1.82) is 0 Å². The Morgan fingerprint density at radius 1 is 0.391 bits per heavy atom. The molecule has 0 N–H and O–H groups in total. The van der Waals surface area contributed by atoms with Crippen molar-refractivity contribution in [2.24, 2.45) is 0 Å². The molecule has 0 unspecified atom stereocenters. The molecule has 0 aliphatic carbocycles. The standard InChI is InChI=1S/C31H60O15/c1-3-33-7-8-35-11-12-37-15-16-39-19-20-41-23-24-43-27-28-45-30-29-44-26-25-42-22-21-40-18-17-38-14-13-36-10-9-34-6-5-31(32)46-4-2/h3H,1,4-30H2,2H3. The number of rotatable bonds is 41. The lowest BCUT2D eigenvalue weighted by molar-refractivity contribution is -0.144. The van der Waals surface area contributed by atoms with Crippen LogP contribution in [-0.2, 0) is 71.1 Å². The molecule has 0 radical (unpaired) electrons. The van der Waals surface area contributed by atoms with Gasteiger partial charge in [-0.3, -0.25) is 4.79 Å². The summed E-state index contributed by atoms with van der Waals surface area (Å²) >= 11 is 0. The van der Waals surface area contributed by atoms with Gasteiger partial charge < -0.3 is 66.3 Å². The maximum absolute atomic E-state index is 11.1. The predicted molar refractivity (Wildman–Crippen MR) is 167 cm³/mol. The van der Waals surface area contributed by atoms with Crippen LogP contribution in [0.3, 0.4) is 0 Å². The van der Waals surface area contributed by atoms with Crippen molar-refractivity contribution in [1.82, 2.24) is 0 Å². The first-order chi connectivity index (χ1) is 22.8. The molecule has 0 amide bonds. The Morgan fingerprint density at radius 3 is 0.826 bits per heavy atom. The van der Waals surface area contributed by atoms with E-state index in [0.29, 0.717) is 172 Å². The highest BCUT2D eigenvalue weighted by molar-refractivity contribution is 5.69. The van der Waals surface area contributed by atoms with E-state index >= 15 is 0 Å². The molecule has 0 spiro atoms. The van der Waals surface area contributed by atoms with Crippen molar-refractivity contribution in [2.45, 2.75) is 13.3 Å². The Kier molecular flexibility index (Phi) is 40.2. The van der Waals surface area contributed by atoms with Gasteiger partial charge in [0.1, 0.15) is 6.61 Å². The number of carbonyl (C=O) groups is 1. The molecular weight excluding hydrogens is 612 g/mol. The summed E-state index contributed by atoms with van der Waals surface area (Å²) in [6.07, 6.45) is 1.65. The van der Waals surface area contributed by atoms with Crippen molar-refractivity contribution in [3.8, 4) is 0 Å². The van der Waals surface area contributed by atoms with E-state index in [-0.39, 0.29) is 12.4 Å². The number of esters is 1. The van der Waals surface area contributed by atoms with E-state index in [4.69, 9.17) is 66.3 Å². The van der Waals surface area contributed by atoms with E-state index in [2.05, 4.69) is 6.58 Å². The van der Waals surface area contributed by atoms with E-state index in [1.54, 1.807) is 6.92 Å². The lowest BCUT2D eigenvalue weighted by atomic mass is 10.5. The van der Waals surface area contributed by atoms with Crippen LogP contribution in [0.1, 0.15) is 13.3 Å². The molecule has 0 rings (SSSR count). The summed E-state index contributed by atoms with van der Waals surface area (Å²) in [5.41, 5.74) is 0. The van der Waals surface area contributed by atoms with E-state index in [1.807, 2.05) is 0 Å². The minimum Gasteiger partial charge on any atom is -0.499 e. The molecule has 15 nitrogen and oxygen atoms in total. The van der Waals surface area contributed by atoms with Crippen LogP contribution in [0.15, 0.2) is 12.8 Å². The highest BCUT2D eigenvalue weighted by atomic mass is 16.6. The van der Waals surface area contributed by atoms with Gasteiger partial charge in [-0.15, -0.1) is 0 Å². The molecule has 0 bridgehead atoms. The molecule has 0 saturated heterocycles. The van der Waals surface area contributed by atoms with Crippen molar-refractivity contribution in [2.75, 3.05) is 172 Å². The monoisotopic (exact) mass is 672 g/mol. The molecule has 0 saturated carbocycles. The third kappa shape index (κ3) is 40.6. The van der Waals surface area contributed by atoms with Crippen molar-refractivity contribution < 1.29 is 71.1 Å². The van der Waals surface area contributed by atoms with Gasteiger partial charge in [0.15, 0.2) is 0 Å². The summed E-state index contributed by atoms with van der Waals surface area (Å²) in [6, 6.07) is 0. The third-order valence-electron chi connectivity index (χ3n) is 5.31. The molecule has 274 valence electrons. The summed E-state index contributed by atoms with van der Waals surface area (Å²) in [5, 5.41) is 0. The quantitative estimate of drug-likeness (QED) is 0.0522. The SMILES string of the molecule is C=COCCOCCOCCOCCOCCOCCOCCOCCOCCOCCOCCOCCOCCC(=O)OCC. The second-order valence-electron chi connectivity index (χ2n) is 8.94. The van der Waals surface area contributed by atoms with Crippen LogP contribution in [0.4, 0.5) is 0 Å². The summed E-state index contributed by atoms with van der Waals surface area (Å²) in [6.45, 7) is 17.8. The Bertz CT molecular complexity index is 600. The van der Waals surface area contributed by atoms with Gasteiger partial charge >= 0.3 is 5.97 Å². The van der Waals surface area contributed by atoms with Gasteiger partial charge in [0, 0.05) is 0 Å². The van der Waals surface area contributed by atoms with Crippen molar-refractivity contribution in [3.05, 3.63) is 12.8 Å². The summed E-state index contributed by atoms with van der Waals surface area (Å²) in [4.78, 5) is 11.1. The Labute approximate surface area is 275 Å². The van der Waals surface area contributed by atoms with Gasteiger partial charge in [-0.1, -0.05) is 6.58 Å². The molecule has 0 aliphatic heterocycles. The molecule has 0 heterocycles. The zero-order valence-corrected chi connectivity index (χ0v) is 28.0. The molecule has 15 heteroatoms. The predicted octanol–water partition coefficient (Wildman–Crippen LogP) is 1.30. The summed E-state index contributed by atoms with van der Waals surface area (Å²) < 4.78 is 74.8. The van der Waals surface area contributed by atoms with E-state index in [0.717, 1.165) is 0 Å². The maximum atomic E-state index is 11.1. The van der Waals surface area contributed by atoms with Gasteiger partial charge in [-0.05, 0) is 6.92 Å². The fourth-order valence-electron chi connectivity index (χ4n) is 3.10. The first-order valence-electron chi connectivity index (χ1n) is 16.1. The van der Waals surface area contributed by atoms with Crippen LogP contribution < -0.4 is 0 Å². The van der Waals surface area contributed by atoms with Crippen LogP contribution >= 0.6 is 0 Å². The first kappa shape index (κ1) is 44.5. The lowest BCUT2D eigenvalue weighted by Gasteiger charge is -2.09. The highest BCUT2D eigenvalue weighted by Crippen LogP contribution is 1.90. The molecule has 0 aliphatic rings. The molecule has 0 aromatic rings. The molecule has 0 aromatic carbocycles. The van der Waals surface area contributed by atoms with Gasteiger partial charge in [0.05, 0.1) is 178 Å². The second-order valence-corrected chi connectivity index (χ2v) is 8.94. The zero-order valence-electron chi connectivity index (χ0n) is 28.0. The number of carbonyl (C=O) groups excluding carboxylic acids is 1. The first-order valence-corrected chi connectivity index (χ1v) is 16.1. The highest BCUT2D eigenvalue weighted by Gasteiger charge is 2.01. The topological polar surface area (TPSA) is 146 Å². The maximum Gasteiger partial charge on any atom is 0.308 e. The number of hydrogen-bond acceptors (Lipinski definition) is 15. The van der Waals surface area contributed by atoms with Gasteiger partial charge in [-0.2, -0.15) is 0 Å². The molecule has 46 heavy (non-hydrogen) atoms. The minimum atomic E-state index is -0.252. The van der Waals surface area contributed by atoms with Crippen LogP contribution in [0.25, 0.3) is 0 Å². The lowest BCUT2D eigenvalue weighted by Crippen LogP contribution is -2.15. The Hall–Kier alpha value is -1.47. The van der Waals surface area contributed by atoms with E-state index in [9.17, 15) is 4.79 Å². The zero-order chi connectivity index (χ0) is 33.3. The fraction of sp³-hybridized carbons (Fsp3) is 0.903. The number of ether oxygens (including phenoxy) is 14. The normalized spacial score (nSPS) is 11.2. The average Bonchev–Trinajstić information content (AvgIpc) is 3.06. The largest absolute Gasteiger partial charge is 0.499 e. The van der Waals surface area contributed by atoms with Gasteiger partial charge in [-0.25, -0.2) is 0 Å². The minimum absolute atomic E-state index is 0.252. The van der Waals surface area contributed by atoms with Crippen molar-refractivity contribution in [3.63, 3.8) is 0 Å². The Balaban J connectivity index is 3.06. The van der Waals surface area contributed by atoms with Crippen LogP contribution in [-0.4, -0.2) is 178 Å². The smallest absolute Gasteiger partial charge is 0.308 e. The molecular formula is C31H60O15. The summed E-state index contributed by atoms with van der Waals surface area (Å²) in [7, 11) is 0. The van der Waals surface area contributed by atoms with Crippen LogP contribution in [0.2, 0.25) is 0 Å². The van der Waals surface area contributed by atoms with Crippen LogP contribution in [0.5, 0.6) is 0 Å². The molecule has 0 fully saturated rings. The third-order valence-corrected chi connectivity index (χ3v) is 5.31. The second kappa shape index (κ2) is 41.6. The number of hydrogen-bond donors (Lipinski definition) is 0. The van der Waals surface area contributed by atoms with Crippen molar-refractivity contribution >= 4 is 5.97 Å². The molecule has 0 atom stereocenters. The van der Waals surface area contributed by atoms with E-state index < -0.39 is 0 Å². The Morgan fingerprint density at radius 2 is 0.609 bits per heavy atom. The molecule has 0 aromatic heterocycles. The van der Waals surface area contributed by atoms with Gasteiger partial charge in [0.25, 0.3) is 0 Å². The van der Waals surface area contributed by atoms with Crippen LogP contribution in [0, 0.1) is 0 Å². The fourth-order valence-corrected chi connectivity index (χ4v) is 3.10. The van der Waals surface area contributed by atoms with E-state index in [1.165, 1.54) is 6.26 Å². The average molecular weight is 673 g/mol.